The van der Waals surface area contributed by atoms with Crippen LogP contribution >= 0.6 is 79.4 Å². The fraction of sp³-hybridized carbons (Fsp3) is 0. The van der Waals surface area contributed by atoms with Gasteiger partial charge < -0.3 is 17.7 Å². The minimum Gasteiger partial charge on any atom is -0.455 e. The molecule has 0 saturated heterocycles. The lowest BCUT2D eigenvalue weighted by atomic mass is 9.86. The number of furan rings is 4. The summed E-state index contributed by atoms with van der Waals surface area (Å²) in [7, 11) is 0. The third-order valence-electron chi connectivity index (χ3n) is 29.9. The quantitative estimate of drug-likeness (QED) is 0.112. The zero-order chi connectivity index (χ0) is 86.9. The molecule has 135 heavy (non-hydrogen) atoms. The Bertz CT molecular complexity index is 10600. The number of para-hydroxylation sites is 4. The molecule has 0 aliphatic heterocycles. The smallest absolute Gasteiger partial charge is 0.143 e. The molecular weight excluding hydrogens is 1780 g/mol. The SMILES string of the molecule is c1ccc2c(c1)oc1c2cc2c3c1cc1c4ccccc4oc1c3c1cc3c4ccccc4oc3c3cc4c5ccccc5oc4c2c31.c1ccc2c(c1)sc1c2cc2c3c1cc1c4ccccc4sc1c3c1cc3c4ccccc4sc3c3cc4c5ccccc5sc4c2c31.c1ccc2c(c1)sc1cc3c4cc5c(cc4c4cc6c(cc4c3cc12)sc1ccccc16)sc1ccccc15. The molecular formula is C124H58O4S7. The summed E-state index contributed by atoms with van der Waals surface area (Å²) in [5, 5.41) is 55.9. The highest BCUT2D eigenvalue weighted by molar-refractivity contribution is 7.30. The van der Waals surface area contributed by atoms with Crippen molar-refractivity contribution in [1.82, 2.24) is 0 Å². The molecule has 0 saturated carbocycles. The molecule has 0 atom stereocenters. The second kappa shape index (κ2) is 25.9. The Balaban J connectivity index is 0.0000000902. The van der Waals surface area contributed by atoms with Crippen LogP contribution in [-0.4, -0.2) is 0 Å². The Labute approximate surface area is 789 Å². The average Bonchev–Trinajstić information content (AvgIpc) is 1.58. The molecule has 0 N–H and O–H groups in total. The van der Waals surface area contributed by atoms with E-state index in [1.165, 1.54) is 217 Å². The number of hydrogen-bond donors (Lipinski definition) is 0. The van der Waals surface area contributed by atoms with Crippen LogP contribution in [0.15, 0.2) is 370 Å². The molecule has 0 aliphatic rings. The predicted octanol–water partition coefficient (Wildman–Crippen LogP) is 40.8. The third kappa shape index (κ3) is 9.43. The van der Waals surface area contributed by atoms with Crippen molar-refractivity contribution in [2.24, 2.45) is 0 Å². The van der Waals surface area contributed by atoms with Crippen molar-refractivity contribution in [3.05, 3.63) is 352 Å². The van der Waals surface area contributed by atoms with Gasteiger partial charge in [-0.15, -0.1) is 79.4 Å². The molecule has 620 valence electrons. The van der Waals surface area contributed by atoms with Crippen molar-refractivity contribution in [3.63, 3.8) is 0 Å². The van der Waals surface area contributed by atoms with Crippen molar-refractivity contribution < 1.29 is 17.7 Å². The topological polar surface area (TPSA) is 52.6 Å². The molecule has 0 unspecified atom stereocenters. The van der Waals surface area contributed by atoms with Crippen LogP contribution in [0.25, 0.3) is 347 Å². The van der Waals surface area contributed by atoms with Crippen molar-refractivity contribution in [2.45, 2.75) is 0 Å². The van der Waals surface area contributed by atoms with Gasteiger partial charge in [-0.1, -0.05) is 200 Å². The van der Waals surface area contributed by atoms with Crippen LogP contribution in [0.3, 0.4) is 0 Å². The summed E-state index contributed by atoms with van der Waals surface area (Å²) in [5.41, 5.74) is 7.00. The molecule has 11 heteroatoms. The number of thiophene rings is 7. The van der Waals surface area contributed by atoms with E-state index in [4.69, 9.17) is 17.7 Å². The minimum absolute atomic E-state index is 0.867. The van der Waals surface area contributed by atoms with Gasteiger partial charge in [0, 0.05) is 249 Å². The summed E-state index contributed by atoms with van der Waals surface area (Å²) in [4.78, 5) is 0. The van der Waals surface area contributed by atoms with E-state index in [1.807, 2.05) is 104 Å². The lowest BCUT2D eigenvalue weighted by Gasteiger charge is -2.18. The van der Waals surface area contributed by atoms with Crippen molar-refractivity contribution in [1.29, 1.82) is 0 Å². The lowest BCUT2D eigenvalue weighted by molar-refractivity contribution is 0.670. The summed E-state index contributed by atoms with van der Waals surface area (Å²) in [6, 6.07) is 130. The van der Waals surface area contributed by atoms with Crippen molar-refractivity contribution >= 4 is 427 Å². The van der Waals surface area contributed by atoms with Crippen LogP contribution in [-0.2, 0) is 0 Å². The number of rotatable bonds is 0. The minimum atomic E-state index is 0.867. The second-order valence-electron chi connectivity index (χ2n) is 36.7. The molecule has 0 spiro atoms. The zero-order valence-corrected chi connectivity index (χ0v) is 76.7. The first-order chi connectivity index (χ1) is 66.9. The fourth-order valence-corrected chi connectivity index (χ4v) is 32.5. The monoisotopic (exact) mass is 1830 g/mol. The highest BCUT2D eigenvalue weighted by Crippen LogP contribution is 2.60. The van der Waals surface area contributed by atoms with Crippen molar-refractivity contribution in [2.75, 3.05) is 0 Å². The molecule has 4 nitrogen and oxygen atoms in total. The van der Waals surface area contributed by atoms with Crippen LogP contribution in [0.1, 0.15) is 0 Å². The van der Waals surface area contributed by atoms with E-state index >= 15 is 0 Å². The van der Waals surface area contributed by atoms with E-state index in [9.17, 15) is 0 Å². The lowest BCUT2D eigenvalue weighted by Crippen LogP contribution is -1.90. The molecule has 11 aromatic heterocycles. The molecule has 11 heterocycles. The number of fused-ring (bicyclic) bond motifs is 51. The summed E-state index contributed by atoms with van der Waals surface area (Å²) in [6.45, 7) is 0. The van der Waals surface area contributed by atoms with Gasteiger partial charge in [-0.2, -0.15) is 0 Å². The van der Waals surface area contributed by atoms with E-state index in [-0.39, 0.29) is 0 Å². The van der Waals surface area contributed by atoms with Gasteiger partial charge in [0.15, 0.2) is 0 Å². The number of benzene rings is 25. The van der Waals surface area contributed by atoms with Gasteiger partial charge in [0.05, 0.1) is 0 Å². The van der Waals surface area contributed by atoms with Gasteiger partial charge >= 0.3 is 0 Å². The standard InChI is InChI=1S/C44H20O4.C44H20S4.C36H18S3/c2*1-5-13-33-21(9-1)25-17-29-37-31(41(25)45-33)19-27-23-11-3-7-15-35(23)48-44(27)40(37)30-18-26-22-10-2-6-14-34(22)46-42(26)32-20-28-24-12-4-8-16-36(24)47-43(28)39(29)38(30)32;1-4-10-31-19(7-1)28-13-22-25(16-34(28)37-31)23-14-29-20-8-2-6-12-33(20)39-36(29)18-27(23)24-15-30-21-9-3-5-11-32(21)38-35(30)17-26(22)24/h2*1-20H;1-18H. The Hall–Kier alpha value is -15.4. The van der Waals surface area contributed by atoms with Crippen LogP contribution in [0.5, 0.6) is 0 Å². The van der Waals surface area contributed by atoms with Crippen LogP contribution in [0, 0.1) is 0 Å². The van der Waals surface area contributed by atoms with E-state index < -0.39 is 0 Å². The van der Waals surface area contributed by atoms with Crippen molar-refractivity contribution in [3.8, 4) is 0 Å². The van der Waals surface area contributed by atoms with Crippen LogP contribution < -0.4 is 0 Å². The molecule has 0 amide bonds. The normalized spacial score (nSPS) is 12.9. The van der Waals surface area contributed by atoms with Gasteiger partial charge in [-0.3, -0.25) is 0 Å². The highest BCUT2D eigenvalue weighted by Gasteiger charge is 2.32. The van der Waals surface area contributed by atoms with E-state index in [0.717, 1.165) is 131 Å². The van der Waals surface area contributed by atoms with Gasteiger partial charge in [0.2, 0.25) is 0 Å². The maximum absolute atomic E-state index is 6.83. The van der Waals surface area contributed by atoms with E-state index in [1.54, 1.807) is 0 Å². The molecule has 36 aromatic rings. The Kier molecular flexibility index (Phi) is 13.9. The maximum Gasteiger partial charge on any atom is 0.143 e. The number of hydrogen-bond acceptors (Lipinski definition) is 11. The maximum atomic E-state index is 6.83. The molecule has 0 aliphatic carbocycles. The summed E-state index contributed by atoms with van der Waals surface area (Å²) in [6.07, 6.45) is 0. The summed E-state index contributed by atoms with van der Waals surface area (Å²) >= 11 is 13.6. The first-order valence-corrected chi connectivity index (χ1v) is 51.4. The summed E-state index contributed by atoms with van der Waals surface area (Å²) in [5.74, 6) is 0. The highest BCUT2D eigenvalue weighted by atomic mass is 32.1. The second-order valence-corrected chi connectivity index (χ2v) is 44.1. The average molecular weight is 1840 g/mol. The largest absolute Gasteiger partial charge is 0.455 e. The third-order valence-corrected chi connectivity index (χ3v) is 38.2. The van der Waals surface area contributed by atoms with Crippen LogP contribution in [0.2, 0.25) is 0 Å². The molecule has 25 aromatic carbocycles. The zero-order valence-electron chi connectivity index (χ0n) is 71.0. The Morgan fingerprint density at radius 2 is 0.319 bits per heavy atom. The molecule has 0 fully saturated rings. The van der Waals surface area contributed by atoms with Gasteiger partial charge in [0.1, 0.15) is 44.7 Å². The van der Waals surface area contributed by atoms with Crippen LogP contribution in [0.4, 0.5) is 0 Å². The fourth-order valence-electron chi connectivity index (χ4n) is 24.2. The first kappa shape index (κ1) is 72.3. The van der Waals surface area contributed by atoms with Gasteiger partial charge in [0.25, 0.3) is 0 Å². The summed E-state index contributed by atoms with van der Waals surface area (Å²) < 4.78 is 46.3. The predicted molar refractivity (Wildman–Crippen MR) is 594 cm³/mol. The van der Waals surface area contributed by atoms with E-state index in [2.05, 4.69) is 328 Å². The van der Waals surface area contributed by atoms with Gasteiger partial charge in [-0.25, -0.2) is 0 Å². The molecule has 0 bridgehead atoms. The Morgan fingerprint density at radius 3 is 0.644 bits per heavy atom. The Morgan fingerprint density at radius 1 is 0.111 bits per heavy atom. The van der Waals surface area contributed by atoms with Gasteiger partial charge in [-0.05, 0) is 206 Å². The molecule has 36 rings (SSSR count). The molecule has 0 radical (unpaired) electrons. The van der Waals surface area contributed by atoms with E-state index in [0.29, 0.717) is 0 Å². The first-order valence-electron chi connectivity index (χ1n) is 45.7.